The minimum atomic E-state index is -3.91. The molecule has 0 aliphatic carbocycles. The number of carbonyl (C=O) groups excluding carboxylic acids is 1. The molecule has 0 bridgehead atoms. The zero-order valence-electron chi connectivity index (χ0n) is 20.3. The predicted molar refractivity (Wildman–Crippen MR) is 140 cm³/mol. The van der Waals surface area contributed by atoms with Crippen LogP contribution in [-0.4, -0.2) is 31.0 Å². The van der Waals surface area contributed by atoms with Crippen LogP contribution < -0.4 is 0 Å². The van der Waals surface area contributed by atoms with Crippen molar-refractivity contribution in [2.24, 2.45) is 4.40 Å². The van der Waals surface area contributed by atoms with Crippen LogP contribution in [0.1, 0.15) is 66.6 Å². The van der Waals surface area contributed by atoms with Crippen LogP contribution in [0.25, 0.3) is 0 Å². The van der Waals surface area contributed by atoms with Gasteiger partial charge in [0.1, 0.15) is 11.9 Å². The first kappa shape index (κ1) is 24.9. The maximum absolute atomic E-state index is 13.5. The number of aryl methyl sites for hydroxylation is 1. The predicted octanol–water partition coefficient (Wildman–Crippen LogP) is 6.36. The molecule has 0 spiro atoms. The number of Topliss-reactive ketones (excluding diaryl/α,β-unsaturated/α-hetero) is 1. The van der Waals surface area contributed by atoms with Crippen molar-refractivity contribution in [1.82, 2.24) is 4.90 Å². The molecule has 0 aromatic heterocycles. The van der Waals surface area contributed by atoms with Crippen molar-refractivity contribution in [2.75, 3.05) is 0 Å². The summed E-state index contributed by atoms with van der Waals surface area (Å²) in [4.78, 5) is 15.6. The SMILES string of the molecule is CCCCCC/C(=N/S(=O)(=O)c1ccc(C)cc1)N1[C@H](C(=O)c2ccccc2)[C@H]1c1ccccc1. The van der Waals surface area contributed by atoms with Crippen LogP contribution in [0.3, 0.4) is 0 Å². The minimum Gasteiger partial charge on any atom is -0.337 e. The monoisotopic (exact) mass is 488 g/mol. The number of sulfonamides is 1. The first-order valence-corrected chi connectivity index (χ1v) is 13.7. The van der Waals surface area contributed by atoms with E-state index in [1.54, 1.807) is 24.3 Å². The summed E-state index contributed by atoms with van der Waals surface area (Å²) in [6, 6.07) is 25.0. The van der Waals surface area contributed by atoms with E-state index in [4.69, 9.17) is 0 Å². The van der Waals surface area contributed by atoms with Gasteiger partial charge in [-0.15, -0.1) is 4.40 Å². The van der Waals surface area contributed by atoms with E-state index in [0.717, 1.165) is 36.8 Å². The van der Waals surface area contributed by atoms with Gasteiger partial charge in [-0.05, 0) is 31.0 Å². The van der Waals surface area contributed by atoms with Gasteiger partial charge in [-0.25, -0.2) is 0 Å². The molecule has 0 N–H and O–H groups in total. The molecule has 0 radical (unpaired) electrons. The highest BCUT2D eigenvalue weighted by Gasteiger charge is 2.55. The Hall–Kier alpha value is -3.25. The average molecular weight is 489 g/mol. The molecule has 3 aromatic carbocycles. The van der Waals surface area contributed by atoms with E-state index in [-0.39, 0.29) is 16.7 Å². The van der Waals surface area contributed by atoms with Crippen LogP contribution in [0.5, 0.6) is 0 Å². The third-order valence-corrected chi connectivity index (χ3v) is 7.69. The molecule has 0 amide bonds. The van der Waals surface area contributed by atoms with E-state index >= 15 is 0 Å². The Bertz CT molecular complexity index is 1270. The first-order chi connectivity index (χ1) is 16.9. The van der Waals surface area contributed by atoms with E-state index in [9.17, 15) is 13.2 Å². The van der Waals surface area contributed by atoms with Crippen molar-refractivity contribution in [3.63, 3.8) is 0 Å². The second kappa shape index (κ2) is 11.0. The quantitative estimate of drug-likeness (QED) is 0.109. The number of benzene rings is 3. The van der Waals surface area contributed by atoms with Gasteiger partial charge in [-0.1, -0.05) is 105 Å². The number of nitrogens with zero attached hydrogens (tertiary/aromatic N) is 2. The molecule has 4 rings (SSSR count). The highest BCUT2D eigenvalue weighted by molar-refractivity contribution is 7.90. The number of amidine groups is 1. The summed E-state index contributed by atoms with van der Waals surface area (Å²) in [6.07, 6.45) is 4.47. The Labute approximate surface area is 208 Å². The number of carbonyl (C=O) groups is 1. The van der Waals surface area contributed by atoms with Crippen LogP contribution in [0.15, 0.2) is 94.2 Å². The van der Waals surface area contributed by atoms with Gasteiger partial charge in [-0.3, -0.25) is 4.79 Å². The largest absolute Gasteiger partial charge is 0.337 e. The molecule has 5 nitrogen and oxygen atoms in total. The van der Waals surface area contributed by atoms with Crippen LogP contribution >= 0.6 is 0 Å². The van der Waals surface area contributed by atoms with E-state index in [0.29, 0.717) is 17.8 Å². The van der Waals surface area contributed by atoms with Gasteiger partial charge in [0.2, 0.25) is 0 Å². The summed E-state index contributed by atoms with van der Waals surface area (Å²) in [7, 11) is -3.91. The molecule has 1 fully saturated rings. The zero-order chi connectivity index (χ0) is 24.8. The molecule has 3 aromatic rings. The lowest BCUT2D eigenvalue weighted by Gasteiger charge is -2.12. The summed E-state index contributed by atoms with van der Waals surface area (Å²) >= 11 is 0. The highest BCUT2D eigenvalue weighted by atomic mass is 32.2. The second-order valence-corrected chi connectivity index (χ2v) is 10.6. The van der Waals surface area contributed by atoms with Gasteiger partial charge in [-0.2, -0.15) is 8.42 Å². The van der Waals surface area contributed by atoms with E-state index < -0.39 is 16.1 Å². The Morgan fingerprint density at radius 2 is 1.49 bits per heavy atom. The van der Waals surface area contributed by atoms with Crippen molar-refractivity contribution in [3.8, 4) is 0 Å². The third-order valence-electron chi connectivity index (χ3n) is 6.37. The molecule has 1 saturated heterocycles. The van der Waals surface area contributed by atoms with Crippen LogP contribution in [0, 0.1) is 6.92 Å². The van der Waals surface area contributed by atoms with E-state index in [1.807, 2.05) is 72.5 Å². The molecule has 0 saturated carbocycles. The topological polar surface area (TPSA) is 66.6 Å². The van der Waals surface area contributed by atoms with Gasteiger partial charge < -0.3 is 4.90 Å². The fraction of sp³-hybridized carbons (Fsp3) is 0.310. The number of ketones is 1. The fourth-order valence-corrected chi connectivity index (χ4v) is 5.47. The maximum Gasteiger partial charge on any atom is 0.283 e. The number of hydrogen-bond acceptors (Lipinski definition) is 3. The lowest BCUT2D eigenvalue weighted by Crippen LogP contribution is -2.20. The number of rotatable bonds is 10. The van der Waals surface area contributed by atoms with Crippen molar-refractivity contribution in [2.45, 2.75) is 62.9 Å². The summed E-state index contributed by atoms with van der Waals surface area (Å²) in [5, 5.41) is 0. The molecule has 0 unspecified atom stereocenters. The molecule has 2 atom stereocenters. The van der Waals surface area contributed by atoms with Crippen molar-refractivity contribution in [1.29, 1.82) is 0 Å². The Morgan fingerprint density at radius 3 is 2.11 bits per heavy atom. The van der Waals surface area contributed by atoms with E-state index in [2.05, 4.69) is 11.3 Å². The molecule has 35 heavy (non-hydrogen) atoms. The summed E-state index contributed by atoms with van der Waals surface area (Å²) in [5.41, 5.74) is 2.58. The van der Waals surface area contributed by atoms with Crippen LogP contribution in [0.4, 0.5) is 0 Å². The lowest BCUT2D eigenvalue weighted by molar-refractivity contribution is 0.0980. The molecule has 1 aliphatic heterocycles. The van der Waals surface area contributed by atoms with Crippen molar-refractivity contribution >= 4 is 21.6 Å². The van der Waals surface area contributed by atoms with Gasteiger partial charge >= 0.3 is 0 Å². The van der Waals surface area contributed by atoms with Gasteiger partial charge in [0, 0.05) is 12.0 Å². The van der Waals surface area contributed by atoms with E-state index in [1.165, 1.54) is 0 Å². The molecule has 1 aliphatic rings. The molecule has 1 heterocycles. The van der Waals surface area contributed by atoms with Gasteiger partial charge in [0.25, 0.3) is 10.0 Å². The second-order valence-electron chi connectivity index (χ2n) is 9.04. The smallest absolute Gasteiger partial charge is 0.283 e. The Morgan fingerprint density at radius 1 is 0.857 bits per heavy atom. The molecule has 6 heteroatoms. The number of unbranched alkanes of at least 4 members (excludes halogenated alkanes) is 3. The van der Waals surface area contributed by atoms with Gasteiger partial charge in [0.15, 0.2) is 5.78 Å². The number of hydrogen-bond donors (Lipinski definition) is 0. The third kappa shape index (κ3) is 5.88. The van der Waals surface area contributed by atoms with Crippen molar-refractivity contribution < 1.29 is 13.2 Å². The highest BCUT2D eigenvalue weighted by Crippen LogP contribution is 2.46. The zero-order valence-corrected chi connectivity index (χ0v) is 21.1. The summed E-state index contributed by atoms with van der Waals surface area (Å²) < 4.78 is 30.9. The fourth-order valence-electron chi connectivity index (χ4n) is 4.42. The minimum absolute atomic E-state index is 0.0200. The Balaban J connectivity index is 1.72. The van der Waals surface area contributed by atoms with Crippen LogP contribution in [-0.2, 0) is 10.0 Å². The standard InChI is InChI=1S/C29H32N2O3S/c1-3-4-5-12-17-26(30-35(33,34)25-20-18-22(2)19-21-25)31-27(23-13-8-6-9-14-23)28(31)29(32)24-15-10-7-11-16-24/h6-11,13-16,18-21,27-28H,3-5,12,17H2,1-2H3/b30-26-/t27-,28+,31?/m1/s1. The van der Waals surface area contributed by atoms with Crippen molar-refractivity contribution in [3.05, 3.63) is 102 Å². The molecule has 182 valence electrons. The summed E-state index contributed by atoms with van der Waals surface area (Å²) in [6.45, 7) is 4.06. The molecular weight excluding hydrogens is 456 g/mol. The van der Waals surface area contributed by atoms with Crippen LogP contribution in [0.2, 0.25) is 0 Å². The van der Waals surface area contributed by atoms with Gasteiger partial charge in [0.05, 0.1) is 10.9 Å². The maximum atomic E-state index is 13.5. The molecular formula is C29H32N2O3S. The lowest BCUT2D eigenvalue weighted by atomic mass is 10.0. The first-order valence-electron chi connectivity index (χ1n) is 12.3. The Kier molecular flexibility index (Phi) is 7.81. The normalized spacial score (nSPS) is 17.9. The summed E-state index contributed by atoms with van der Waals surface area (Å²) in [5.74, 6) is 0.443. The average Bonchev–Trinajstić information content (AvgIpc) is 3.62.